The second-order valence-electron chi connectivity index (χ2n) is 4.99. The van der Waals surface area contributed by atoms with Crippen LogP contribution in [-0.2, 0) is 0 Å². The Bertz CT molecular complexity index is 617. The van der Waals surface area contributed by atoms with Crippen molar-refractivity contribution in [1.82, 2.24) is 10.3 Å². The first-order valence-corrected chi connectivity index (χ1v) is 7.51. The van der Waals surface area contributed by atoms with E-state index in [0.717, 1.165) is 16.9 Å². The van der Waals surface area contributed by atoms with Crippen LogP contribution in [-0.4, -0.2) is 18.1 Å². The molecule has 0 saturated carbocycles. The number of nitrogens with one attached hydrogen (secondary N) is 1. The van der Waals surface area contributed by atoms with Gasteiger partial charge in [0, 0.05) is 6.20 Å². The Labute approximate surface area is 135 Å². The van der Waals surface area contributed by atoms with Crippen molar-refractivity contribution >= 4 is 23.2 Å². The summed E-state index contributed by atoms with van der Waals surface area (Å²) in [7, 11) is 1.87. The van der Waals surface area contributed by atoms with Gasteiger partial charge in [0.05, 0.1) is 28.4 Å². The quantitative estimate of drug-likeness (QED) is 0.880. The van der Waals surface area contributed by atoms with Gasteiger partial charge in [0.1, 0.15) is 5.75 Å². The minimum atomic E-state index is -0.0978. The maximum atomic E-state index is 6.32. The second kappa shape index (κ2) is 7.12. The molecule has 2 rings (SSSR count). The Kier molecular flexibility index (Phi) is 5.45. The summed E-state index contributed by atoms with van der Waals surface area (Å²) in [6.07, 6.45) is 3.60. The number of pyridine rings is 1. The average Bonchev–Trinajstić information content (AvgIpc) is 2.44. The van der Waals surface area contributed by atoms with E-state index in [-0.39, 0.29) is 12.1 Å². The van der Waals surface area contributed by atoms with Crippen molar-refractivity contribution in [2.75, 3.05) is 7.05 Å². The first-order chi connectivity index (χ1) is 10.0. The minimum Gasteiger partial charge on any atom is -0.489 e. The molecule has 3 nitrogen and oxygen atoms in total. The van der Waals surface area contributed by atoms with Gasteiger partial charge in [-0.1, -0.05) is 35.3 Å². The summed E-state index contributed by atoms with van der Waals surface area (Å²) in [6, 6.07) is 7.47. The molecule has 21 heavy (non-hydrogen) atoms. The van der Waals surface area contributed by atoms with Crippen LogP contribution in [0.1, 0.15) is 31.0 Å². The largest absolute Gasteiger partial charge is 0.489 e. The lowest BCUT2D eigenvalue weighted by Crippen LogP contribution is -2.18. The Morgan fingerprint density at radius 1 is 1.19 bits per heavy atom. The highest BCUT2D eigenvalue weighted by Crippen LogP contribution is 2.33. The molecule has 1 heterocycles. The van der Waals surface area contributed by atoms with Crippen LogP contribution >= 0.6 is 23.2 Å². The summed E-state index contributed by atoms with van der Waals surface area (Å²) in [4.78, 5) is 4.24. The van der Waals surface area contributed by atoms with Crippen LogP contribution in [0, 0.1) is 0 Å². The lowest BCUT2D eigenvalue weighted by Gasteiger charge is -2.20. The van der Waals surface area contributed by atoms with E-state index < -0.39 is 0 Å². The number of aromatic nitrogens is 1. The molecule has 1 atom stereocenters. The van der Waals surface area contributed by atoms with E-state index in [9.17, 15) is 0 Å². The van der Waals surface area contributed by atoms with Crippen LogP contribution in [0.3, 0.4) is 0 Å². The third-order valence-electron chi connectivity index (χ3n) is 3.02. The van der Waals surface area contributed by atoms with Gasteiger partial charge >= 0.3 is 0 Å². The monoisotopic (exact) mass is 324 g/mol. The third kappa shape index (κ3) is 3.88. The van der Waals surface area contributed by atoms with Crippen molar-refractivity contribution in [1.29, 1.82) is 0 Å². The van der Waals surface area contributed by atoms with Gasteiger partial charge in [-0.15, -0.1) is 0 Å². The molecule has 0 saturated heterocycles. The highest BCUT2D eigenvalue weighted by Gasteiger charge is 2.17. The summed E-state index contributed by atoms with van der Waals surface area (Å²) in [5.74, 6) is 0.737. The topological polar surface area (TPSA) is 34.2 Å². The first-order valence-electron chi connectivity index (χ1n) is 6.75. The molecule has 0 radical (unpaired) electrons. The van der Waals surface area contributed by atoms with Crippen molar-refractivity contribution in [2.45, 2.75) is 26.0 Å². The molecule has 0 bridgehead atoms. The molecule has 0 aliphatic heterocycles. The van der Waals surface area contributed by atoms with Crippen molar-refractivity contribution in [3.63, 3.8) is 0 Å². The minimum absolute atomic E-state index is 0.0978. The number of hydrogen-bond acceptors (Lipinski definition) is 3. The molecular formula is C16H18Cl2N2O. The first kappa shape index (κ1) is 16.1. The Hall–Kier alpha value is -1.29. The fourth-order valence-electron chi connectivity index (χ4n) is 2.18. The van der Waals surface area contributed by atoms with E-state index in [1.54, 1.807) is 18.5 Å². The van der Waals surface area contributed by atoms with Gasteiger partial charge in [-0.05, 0) is 44.2 Å². The normalized spacial score (nSPS) is 12.5. The van der Waals surface area contributed by atoms with Gasteiger partial charge in [-0.25, -0.2) is 0 Å². The number of nitrogens with zero attached hydrogens (tertiary/aromatic N) is 1. The van der Waals surface area contributed by atoms with E-state index in [1.807, 2.05) is 39.1 Å². The molecule has 5 heteroatoms. The molecule has 0 aliphatic carbocycles. The lowest BCUT2D eigenvalue weighted by atomic mass is 10.00. The van der Waals surface area contributed by atoms with Crippen molar-refractivity contribution in [3.8, 4) is 5.75 Å². The predicted molar refractivity (Wildman–Crippen MR) is 87.4 cm³/mol. The molecule has 1 aromatic carbocycles. The van der Waals surface area contributed by atoms with Crippen LogP contribution in [0.2, 0.25) is 10.0 Å². The standard InChI is InChI=1S/C16H18Cl2N2O/c1-10(2)21-12-7-11(8-20-9-12)16(19-3)13-5-4-6-14(17)15(13)18/h4-10,16,19H,1-3H3. The Balaban J connectivity index is 2.39. The number of benzene rings is 1. The van der Waals surface area contributed by atoms with E-state index in [2.05, 4.69) is 10.3 Å². The molecular weight excluding hydrogens is 307 g/mol. The van der Waals surface area contributed by atoms with Crippen molar-refractivity contribution in [2.24, 2.45) is 0 Å². The van der Waals surface area contributed by atoms with Gasteiger partial charge < -0.3 is 10.1 Å². The van der Waals surface area contributed by atoms with Gasteiger partial charge in [-0.3, -0.25) is 4.98 Å². The van der Waals surface area contributed by atoms with E-state index in [1.165, 1.54) is 0 Å². The Morgan fingerprint density at radius 3 is 2.62 bits per heavy atom. The zero-order valence-electron chi connectivity index (χ0n) is 12.2. The highest BCUT2D eigenvalue weighted by atomic mass is 35.5. The van der Waals surface area contributed by atoms with E-state index in [0.29, 0.717) is 10.0 Å². The zero-order chi connectivity index (χ0) is 15.4. The summed E-state index contributed by atoms with van der Waals surface area (Å²) in [5.41, 5.74) is 1.88. The van der Waals surface area contributed by atoms with Gasteiger partial charge in [0.15, 0.2) is 0 Å². The number of halogens is 2. The van der Waals surface area contributed by atoms with E-state index in [4.69, 9.17) is 27.9 Å². The third-order valence-corrected chi connectivity index (χ3v) is 3.85. The predicted octanol–water partition coefficient (Wildman–Crippen LogP) is 4.48. The second-order valence-corrected chi connectivity index (χ2v) is 5.77. The summed E-state index contributed by atoms with van der Waals surface area (Å²) < 4.78 is 5.69. The number of hydrogen-bond donors (Lipinski definition) is 1. The smallest absolute Gasteiger partial charge is 0.138 e. The molecule has 0 amide bonds. The highest BCUT2D eigenvalue weighted by molar-refractivity contribution is 6.42. The Morgan fingerprint density at radius 2 is 1.95 bits per heavy atom. The fraction of sp³-hybridized carbons (Fsp3) is 0.312. The maximum absolute atomic E-state index is 6.32. The summed E-state index contributed by atoms with van der Waals surface area (Å²) in [6.45, 7) is 3.96. The van der Waals surface area contributed by atoms with Gasteiger partial charge in [-0.2, -0.15) is 0 Å². The molecule has 0 spiro atoms. The summed E-state index contributed by atoms with van der Waals surface area (Å²) in [5, 5.41) is 4.33. The van der Waals surface area contributed by atoms with Crippen LogP contribution in [0.4, 0.5) is 0 Å². The number of rotatable bonds is 5. The molecule has 2 aromatic rings. The van der Waals surface area contributed by atoms with E-state index >= 15 is 0 Å². The zero-order valence-corrected chi connectivity index (χ0v) is 13.7. The molecule has 0 fully saturated rings. The van der Waals surface area contributed by atoms with Crippen LogP contribution < -0.4 is 10.1 Å². The summed E-state index contributed by atoms with van der Waals surface area (Å²) >= 11 is 12.4. The molecule has 1 aromatic heterocycles. The van der Waals surface area contributed by atoms with Gasteiger partial charge in [0.2, 0.25) is 0 Å². The van der Waals surface area contributed by atoms with Crippen LogP contribution in [0.15, 0.2) is 36.7 Å². The SMILES string of the molecule is CNC(c1cncc(OC(C)C)c1)c1cccc(Cl)c1Cl. The molecule has 1 unspecified atom stereocenters. The van der Waals surface area contributed by atoms with Crippen LogP contribution in [0.25, 0.3) is 0 Å². The number of ether oxygens (including phenoxy) is 1. The average molecular weight is 325 g/mol. The van der Waals surface area contributed by atoms with Crippen molar-refractivity contribution < 1.29 is 4.74 Å². The molecule has 112 valence electrons. The maximum Gasteiger partial charge on any atom is 0.138 e. The van der Waals surface area contributed by atoms with Crippen LogP contribution in [0.5, 0.6) is 5.75 Å². The lowest BCUT2D eigenvalue weighted by molar-refractivity contribution is 0.241. The van der Waals surface area contributed by atoms with Gasteiger partial charge in [0.25, 0.3) is 0 Å². The fourth-order valence-corrected chi connectivity index (χ4v) is 2.59. The van der Waals surface area contributed by atoms with Crippen molar-refractivity contribution in [3.05, 3.63) is 57.8 Å². The molecule has 0 aliphatic rings. The molecule has 1 N–H and O–H groups in total.